The molecule has 2 amide bonds. The molecule has 3 unspecified atom stereocenters. The third-order valence-electron chi connectivity index (χ3n) is 12.0. The van der Waals surface area contributed by atoms with Crippen LogP contribution < -0.4 is 20.3 Å². The fraction of sp³-hybridized carbons (Fsp3) is 0.500. The zero-order valence-electron chi connectivity index (χ0n) is 30.0. The van der Waals surface area contributed by atoms with Crippen molar-refractivity contribution in [2.75, 3.05) is 57.3 Å². The van der Waals surface area contributed by atoms with E-state index in [9.17, 15) is 18.7 Å². The van der Waals surface area contributed by atoms with E-state index in [-0.39, 0.29) is 69.1 Å². The number of amides is 2. The fourth-order valence-corrected chi connectivity index (χ4v) is 8.98. The Morgan fingerprint density at radius 3 is 2.57 bits per heavy atom. The number of aromatic hydroxyl groups is 1. The lowest BCUT2D eigenvalue weighted by Gasteiger charge is -2.42. The average Bonchev–Trinajstić information content (AvgIpc) is 3.62. The highest BCUT2D eigenvalue weighted by Crippen LogP contribution is 2.47. The van der Waals surface area contributed by atoms with Crippen LogP contribution in [0, 0.1) is 29.4 Å². The monoisotopic (exact) mass is 740 g/mol. The first-order valence-corrected chi connectivity index (χ1v) is 19.0. The van der Waals surface area contributed by atoms with Crippen LogP contribution in [-0.2, 0) is 0 Å². The van der Waals surface area contributed by atoms with E-state index < -0.39 is 17.8 Å². The lowest BCUT2D eigenvalue weighted by Crippen LogP contribution is -2.59. The van der Waals surface area contributed by atoms with Crippen molar-refractivity contribution in [1.82, 2.24) is 35.4 Å². The van der Waals surface area contributed by atoms with Crippen molar-refractivity contribution in [1.29, 1.82) is 0 Å². The summed E-state index contributed by atoms with van der Waals surface area (Å²) in [5.74, 6) is 1.24. The first-order chi connectivity index (χ1) is 26.2. The van der Waals surface area contributed by atoms with E-state index in [0.717, 1.165) is 51.7 Å². The van der Waals surface area contributed by atoms with Gasteiger partial charge in [0.15, 0.2) is 5.82 Å². The maximum atomic E-state index is 17.1. The summed E-state index contributed by atoms with van der Waals surface area (Å²) >= 11 is 0. The number of halogens is 3. The van der Waals surface area contributed by atoms with Crippen LogP contribution in [-0.4, -0.2) is 113 Å². The Morgan fingerprint density at radius 1 is 1.09 bits per heavy atom. The second-order valence-electron chi connectivity index (χ2n) is 15.7. The van der Waals surface area contributed by atoms with E-state index in [4.69, 9.17) is 16.1 Å². The number of alkyl halides is 1. The predicted molar refractivity (Wildman–Crippen MR) is 198 cm³/mol. The summed E-state index contributed by atoms with van der Waals surface area (Å²) in [7, 11) is 0. The van der Waals surface area contributed by atoms with Crippen LogP contribution in [0.5, 0.6) is 11.8 Å². The molecule has 0 radical (unpaired) electrons. The van der Waals surface area contributed by atoms with E-state index in [1.54, 1.807) is 0 Å². The lowest BCUT2D eigenvalue weighted by molar-refractivity contribution is 0.107. The number of hydrogen-bond acceptors (Lipinski definition) is 9. The molecule has 4 saturated heterocycles. The van der Waals surface area contributed by atoms with E-state index in [1.165, 1.54) is 30.5 Å². The third-order valence-corrected chi connectivity index (χ3v) is 12.0. The lowest BCUT2D eigenvalue weighted by atomic mass is 9.96. The summed E-state index contributed by atoms with van der Waals surface area (Å²) < 4.78 is 52.2. The molecule has 1 aliphatic carbocycles. The molecule has 5 aliphatic rings. The van der Waals surface area contributed by atoms with Gasteiger partial charge in [-0.25, -0.2) is 18.0 Å². The molecule has 2 aromatic carbocycles. The normalized spacial score (nSPS) is 23.9. The van der Waals surface area contributed by atoms with Crippen molar-refractivity contribution in [3.8, 4) is 35.4 Å². The summed E-state index contributed by atoms with van der Waals surface area (Å²) in [6, 6.07) is 5.38. The average molecular weight is 741 g/mol. The number of piperazine rings is 1. The van der Waals surface area contributed by atoms with Gasteiger partial charge in [0.1, 0.15) is 34.8 Å². The number of hydrogen-bond donors (Lipinski definition) is 3. The smallest absolute Gasteiger partial charge is 0.319 e. The summed E-state index contributed by atoms with van der Waals surface area (Å²) in [6.07, 6.45) is 12.0. The maximum Gasteiger partial charge on any atom is 0.319 e. The van der Waals surface area contributed by atoms with Crippen LogP contribution in [0.2, 0.25) is 0 Å². The quantitative estimate of drug-likeness (QED) is 0.212. The van der Waals surface area contributed by atoms with E-state index in [2.05, 4.69) is 36.3 Å². The highest BCUT2D eigenvalue weighted by molar-refractivity contribution is 6.03. The molecule has 3 N–H and O–H groups in total. The second-order valence-corrected chi connectivity index (χ2v) is 15.7. The molecule has 5 fully saturated rings. The van der Waals surface area contributed by atoms with E-state index in [1.807, 2.05) is 4.90 Å². The van der Waals surface area contributed by atoms with Gasteiger partial charge in [0.2, 0.25) is 0 Å². The molecule has 54 heavy (non-hydrogen) atoms. The number of fused-ring (bicyclic) bond motifs is 4. The maximum absolute atomic E-state index is 17.1. The first-order valence-electron chi connectivity index (χ1n) is 19.0. The molecule has 0 spiro atoms. The van der Waals surface area contributed by atoms with Gasteiger partial charge in [-0.2, -0.15) is 9.97 Å². The Morgan fingerprint density at radius 2 is 1.87 bits per heavy atom. The van der Waals surface area contributed by atoms with Gasteiger partial charge in [-0.15, -0.1) is 6.42 Å². The van der Waals surface area contributed by atoms with Gasteiger partial charge in [-0.05, 0) is 75.1 Å². The van der Waals surface area contributed by atoms with Crippen LogP contribution in [0.3, 0.4) is 0 Å². The van der Waals surface area contributed by atoms with Gasteiger partial charge in [-0.3, -0.25) is 4.98 Å². The molecule has 1 saturated carbocycles. The van der Waals surface area contributed by atoms with Crippen molar-refractivity contribution < 1.29 is 27.8 Å². The molecule has 4 aliphatic heterocycles. The number of aromatic nitrogens is 3. The van der Waals surface area contributed by atoms with Crippen LogP contribution >= 0.6 is 0 Å². The molecule has 6 heterocycles. The van der Waals surface area contributed by atoms with Crippen LogP contribution in [0.1, 0.15) is 50.5 Å². The number of rotatable bonds is 8. The van der Waals surface area contributed by atoms with Crippen LogP contribution in [0.4, 0.5) is 23.8 Å². The van der Waals surface area contributed by atoms with Crippen molar-refractivity contribution in [2.45, 2.75) is 69.2 Å². The molecule has 2 aromatic heterocycles. The van der Waals surface area contributed by atoms with Crippen LogP contribution in [0.25, 0.3) is 32.9 Å². The van der Waals surface area contributed by atoms with Gasteiger partial charge in [0, 0.05) is 67.9 Å². The highest BCUT2D eigenvalue weighted by Gasteiger charge is 2.46. The Kier molecular flexibility index (Phi) is 8.89. The molecular formula is C40H43F3N8O3. The summed E-state index contributed by atoms with van der Waals surface area (Å²) in [6.45, 7) is 5.13. The zero-order valence-corrected chi connectivity index (χ0v) is 30.0. The predicted octanol–water partition coefficient (Wildman–Crippen LogP) is 5.13. The van der Waals surface area contributed by atoms with E-state index >= 15 is 4.39 Å². The molecule has 11 nitrogen and oxygen atoms in total. The fourth-order valence-electron chi connectivity index (χ4n) is 8.98. The van der Waals surface area contributed by atoms with Gasteiger partial charge in [0.05, 0.1) is 29.6 Å². The van der Waals surface area contributed by atoms with E-state index in [0.29, 0.717) is 62.2 Å². The number of carbonyl (C=O) groups excluding carboxylic acids is 1. The number of phenolic OH excluding ortho intramolecular Hbond substituents is 1. The number of terminal acetylenes is 1. The molecule has 3 atom stereocenters. The summed E-state index contributed by atoms with van der Waals surface area (Å²) in [5.41, 5.74) is -0.246. The topological polar surface area (TPSA) is 119 Å². The first kappa shape index (κ1) is 34.9. The second kappa shape index (κ2) is 13.8. The largest absolute Gasteiger partial charge is 0.508 e. The Bertz CT molecular complexity index is 2150. The SMILES string of the molecule is C#Cc1c(F)ccc2cc(O)cc(-c3ncc4c(N5CC6CCC(C5)N6C(=O)NC5CCNC5)nc(OCC5(CN6CCC(F)CC6)CC5)nc4c3F)c12. The minimum absolute atomic E-state index is 0.0136. The van der Waals surface area contributed by atoms with Gasteiger partial charge in [-0.1, -0.05) is 12.0 Å². The number of likely N-dealkylation sites (tertiary alicyclic amines) is 1. The summed E-state index contributed by atoms with van der Waals surface area (Å²) in [5, 5.41) is 18.2. The Hall–Kier alpha value is -4.87. The van der Waals surface area contributed by atoms with Crippen molar-refractivity contribution in [3.05, 3.63) is 47.7 Å². The molecule has 282 valence electrons. The molecular weight excluding hydrogens is 697 g/mol. The Labute approximate surface area is 311 Å². The number of carbonyl (C=O) groups is 1. The minimum Gasteiger partial charge on any atom is -0.508 e. The number of pyridine rings is 1. The number of piperidine rings is 1. The standard InChI is InChI=1S/C40H43F3N8O3/c1-2-29-32(42)6-3-23-15-28(52)16-30(33(23)29)35-34(43)36-31(18-45-35)37(48-38(47-36)54-22-40(10-11-40)21-49-13-8-24(41)9-14-49)50-19-26-4-5-27(20-50)51(26)39(53)46-25-7-12-44-17-25/h1,3,6,15-16,18,24-27,44,52H,4-5,7-14,17,19-22H2,(H,46,53). The Balaban J connectivity index is 1.08. The highest BCUT2D eigenvalue weighted by atomic mass is 19.1. The number of ether oxygens (including phenoxy) is 1. The van der Waals surface area contributed by atoms with Crippen molar-refractivity contribution in [3.63, 3.8) is 0 Å². The number of urea groups is 1. The van der Waals surface area contributed by atoms with Crippen molar-refractivity contribution in [2.24, 2.45) is 5.41 Å². The van der Waals surface area contributed by atoms with Gasteiger partial charge in [0.25, 0.3) is 0 Å². The number of anilines is 1. The number of nitrogens with zero attached hydrogens (tertiary/aromatic N) is 6. The number of benzene rings is 2. The summed E-state index contributed by atoms with van der Waals surface area (Å²) in [4.78, 5) is 33.8. The minimum atomic E-state index is -0.790. The van der Waals surface area contributed by atoms with Gasteiger partial charge < -0.3 is 35.2 Å². The third kappa shape index (κ3) is 6.41. The zero-order chi connectivity index (χ0) is 37.1. The van der Waals surface area contributed by atoms with Gasteiger partial charge >= 0.3 is 12.0 Å². The molecule has 4 aromatic rings. The van der Waals surface area contributed by atoms with Crippen LogP contribution in [0.15, 0.2) is 30.5 Å². The number of nitrogens with one attached hydrogen (secondary N) is 2. The number of phenols is 1. The van der Waals surface area contributed by atoms with Crippen molar-refractivity contribution >= 4 is 33.5 Å². The molecule has 14 heteroatoms. The molecule has 2 bridgehead atoms. The molecule has 9 rings (SSSR count).